The maximum absolute atomic E-state index is 5.50. The lowest BCUT2D eigenvalue weighted by Gasteiger charge is -2.34. The summed E-state index contributed by atoms with van der Waals surface area (Å²) < 4.78 is 10.8. The molecule has 2 aromatic rings. The number of anilines is 1. The van der Waals surface area contributed by atoms with Crippen LogP contribution in [0.5, 0.6) is 0 Å². The predicted molar refractivity (Wildman–Crippen MR) is 129 cm³/mol. The molecule has 3 rings (SSSR count). The molecule has 0 amide bonds. The van der Waals surface area contributed by atoms with Crippen molar-refractivity contribution in [3.63, 3.8) is 0 Å². The maximum atomic E-state index is 5.50. The summed E-state index contributed by atoms with van der Waals surface area (Å²) in [4.78, 5) is 11.4. The molecule has 8 nitrogen and oxygen atoms in total. The molecular formula is C21H33IN6O2. The Kier molecular flexibility index (Phi) is 10.4. The number of nitrogens with one attached hydrogen (secondary N) is 2. The smallest absolute Gasteiger partial charge is 0.248 e. The van der Waals surface area contributed by atoms with Crippen molar-refractivity contribution in [3.05, 3.63) is 42.0 Å². The lowest BCUT2D eigenvalue weighted by atomic mass is 10.0. The molecule has 2 N–H and O–H groups in total. The zero-order valence-corrected chi connectivity index (χ0v) is 20.3. The van der Waals surface area contributed by atoms with E-state index >= 15 is 0 Å². The van der Waals surface area contributed by atoms with Gasteiger partial charge in [0.05, 0.1) is 0 Å². The van der Waals surface area contributed by atoms with Crippen molar-refractivity contribution in [1.82, 2.24) is 20.8 Å². The lowest BCUT2D eigenvalue weighted by molar-refractivity contribution is 0.0683. The van der Waals surface area contributed by atoms with Crippen LogP contribution in [0.25, 0.3) is 0 Å². The van der Waals surface area contributed by atoms with E-state index in [9.17, 15) is 0 Å². The van der Waals surface area contributed by atoms with E-state index in [2.05, 4.69) is 67.9 Å². The molecule has 0 radical (unpaired) electrons. The number of hydrogen-bond acceptors (Lipinski definition) is 6. The van der Waals surface area contributed by atoms with E-state index in [0.29, 0.717) is 30.9 Å². The first-order chi connectivity index (χ1) is 14.2. The first-order valence-electron chi connectivity index (χ1n) is 10.5. The van der Waals surface area contributed by atoms with Gasteiger partial charge < -0.3 is 24.8 Å². The van der Waals surface area contributed by atoms with Gasteiger partial charge in [0.25, 0.3) is 0 Å². The van der Waals surface area contributed by atoms with Crippen LogP contribution in [-0.4, -0.2) is 48.4 Å². The Morgan fingerprint density at radius 2 is 2.00 bits per heavy atom. The molecular weight excluding hydrogens is 495 g/mol. The molecule has 0 spiro atoms. The highest BCUT2D eigenvalue weighted by Crippen LogP contribution is 2.19. The summed E-state index contributed by atoms with van der Waals surface area (Å²) in [5.74, 6) is 1.83. The molecule has 1 fully saturated rings. The monoisotopic (exact) mass is 528 g/mol. The topological polar surface area (TPSA) is 87.8 Å². The van der Waals surface area contributed by atoms with Crippen LogP contribution in [0.3, 0.4) is 0 Å². The molecule has 9 heteroatoms. The number of guanidine groups is 1. The van der Waals surface area contributed by atoms with Gasteiger partial charge in [-0.1, -0.05) is 23.4 Å². The summed E-state index contributed by atoms with van der Waals surface area (Å²) in [5, 5.41) is 10.8. The number of hydrogen-bond donors (Lipinski definition) is 2. The number of aromatic nitrogens is 2. The second-order valence-corrected chi connectivity index (χ2v) is 7.08. The molecule has 1 aromatic heterocycles. The Morgan fingerprint density at radius 3 is 2.67 bits per heavy atom. The second kappa shape index (κ2) is 12.7. The van der Waals surface area contributed by atoms with Crippen LogP contribution < -0.4 is 15.5 Å². The van der Waals surface area contributed by atoms with E-state index in [1.165, 1.54) is 5.69 Å². The van der Waals surface area contributed by atoms with Crippen molar-refractivity contribution in [2.75, 3.05) is 31.1 Å². The molecule has 1 atom stereocenters. The molecule has 1 aromatic carbocycles. The number of piperidine rings is 1. The van der Waals surface area contributed by atoms with E-state index in [-0.39, 0.29) is 30.1 Å². The Morgan fingerprint density at radius 1 is 1.27 bits per heavy atom. The SMILES string of the molecule is CCNC(=NCc1nc(C(C)OCC)no1)NC1CCN(c2ccccc2)CC1.I. The molecule has 1 saturated heterocycles. The van der Waals surface area contributed by atoms with Gasteiger partial charge in [-0.05, 0) is 45.7 Å². The first-order valence-corrected chi connectivity index (χ1v) is 10.5. The Bertz CT molecular complexity index is 762. The van der Waals surface area contributed by atoms with Gasteiger partial charge in [-0.3, -0.25) is 0 Å². The van der Waals surface area contributed by atoms with Gasteiger partial charge in [-0.2, -0.15) is 4.98 Å². The van der Waals surface area contributed by atoms with Crippen molar-refractivity contribution in [2.45, 2.75) is 52.3 Å². The molecule has 1 unspecified atom stereocenters. The molecule has 1 aliphatic rings. The fourth-order valence-corrected chi connectivity index (χ4v) is 3.40. The molecule has 1 aliphatic heterocycles. The minimum absolute atomic E-state index is 0. The van der Waals surface area contributed by atoms with Gasteiger partial charge in [0, 0.05) is 38.0 Å². The van der Waals surface area contributed by atoms with E-state index in [1.54, 1.807) is 0 Å². The van der Waals surface area contributed by atoms with Gasteiger partial charge in [0.1, 0.15) is 12.6 Å². The zero-order valence-electron chi connectivity index (χ0n) is 18.0. The summed E-state index contributed by atoms with van der Waals surface area (Å²) in [6, 6.07) is 11.0. The second-order valence-electron chi connectivity index (χ2n) is 7.08. The van der Waals surface area contributed by atoms with Crippen LogP contribution in [0, 0.1) is 0 Å². The number of aliphatic imine (C=N–C) groups is 1. The fourth-order valence-electron chi connectivity index (χ4n) is 3.40. The number of para-hydroxylation sites is 1. The zero-order chi connectivity index (χ0) is 20.5. The van der Waals surface area contributed by atoms with Crippen LogP contribution in [0.15, 0.2) is 39.8 Å². The van der Waals surface area contributed by atoms with E-state index in [1.807, 2.05) is 13.8 Å². The molecule has 0 saturated carbocycles. The third-order valence-corrected chi connectivity index (χ3v) is 4.94. The van der Waals surface area contributed by atoms with Crippen molar-refractivity contribution in [3.8, 4) is 0 Å². The van der Waals surface area contributed by atoms with Crippen molar-refractivity contribution >= 4 is 35.6 Å². The van der Waals surface area contributed by atoms with E-state index in [0.717, 1.165) is 38.4 Å². The molecule has 30 heavy (non-hydrogen) atoms. The number of rotatable bonds is 8. The average Bonchev–Trinajstić information content (AvgIpc) is 3.23. The highest BCUT2D eigenvalue weighted by Gasteiger charge is 2.20. The number of halogens is 1. The quantitative estimate of drug-likeness (QED) is 0.308. The van der Waals surface area contributed by atoms with Crippen LogP contribution in [-0.2, 0) is 11.3 Å². The molecule has 166 valence electrons. The summed E-state index contributed by atoms with van der Waals surface area (Å²) in [7, 11) is 0. The minimum atomic E-state index is -0.178. The Labute approximate surface area is 195 Å². The lowest BCUT2D eigenvalue weighted by Crippen LogP contribution is -2.48. The Hall–Kier alpha value is -1.88. The van der Waals surface area contributed by atoms with Gasteiger partial charge in [-0.15, -0.1) is 24.0 Å². The molecule has 2 heterocycles. The van der Waals surface area contributed by atoms with Crippen LogP contribution in [0.1, 0.15) is 51.4 Å². The number of nitrogens with zero attached hydrogens (tertiary/aromatic N) is 4. The van der Waals surface area contributed by atoms with E-state index < -0.39 is 0 Å². The van der Waals surface area contributed by atoms with Crippen LogP contribution in [0.4, 0.5) is 5.69 Å². The highest BCUT2D eigenvalue weighted by atomic mass is 127. The largest absolute Gasteiger partial charge is 0.371 e. The third-order valence-electron chi connectivity index (χ3n) is 4.94. The highest BCUT2D eigenvalue weighted by molar-refractivity contribution is 14.0. The standard InChI is InChI=1S/C21H32N6O2.HI/c1-4-22-21(23-15-19-25-20(26-29-19)16(3)28-5-2)24-17-11-13-27(14-12-17)18-9-7-6-8-10-18;/h6-10,16-17H,4-5,11-15H2,1-3H3,(H2,22,23,24);1H. The van der Waals surface area contributed by atoms with Crippen molar-refractivity contribution < 1.29 is 9.26 Å². The van der Waals surface area contributed by atoms with Crippen molar-refractivity contribution in [1.29, 1.82) is 0 Å². The summed E-state index contributed by atoms with van der Waals surface area (Å²) in [5.41, 5.74) is 1.29. The van der Waals surface area contributed by atoms with Gasteiger partial charge in [-0.25, -0.2) is 4.99 Å². The van der Waals surface area contributed by atoms with Gasteiger partial charge >= 0.3 is 0 Å². The fraction of sp³-hybridized carbons (Fsp3) is 0.571. The molecule has 0 bridgehead atoms. The average molecular weight is 528 g/mol. The van der Waals surface area contributed by atoms with Gasteiger partial charge in [0.15, 0.2) is 11.8 Å². The number of benzene rings is 1. The van der Waals surface area contributed by atoms with Crippen molar-refractivity contribution in [2.24, 2.45) is 4.99 Å². The van der Waals surface area contributed by atoms with Crippen LogP contribution in [0.2, 0.25) is 0 Å². The van der Waals surface area contributed by atoms with Crippen LogP contribution >= 0.6 is 24.0 Å². The predicted octanol–water partition coefficient (Wildman–Crippen LogP) is 3.51. The normalized spacial score (nSPS) is 16.1. The summed E-state index contributed by atoms with van der Waals surface area (Å²) in [6.45, 7) is 9.72. The first kappa shape index (κ1) is 24.4. The number of ether oxygens (including phenoxy) is 1. The minimum Gasteiger partial charge on any atom is -0.371 e. The van der Waals surface area contributed by atoms with Gasteiger partial charge in [0.2, 0.25) is 5.89 Å². The summed E-state index contributed by atoms with van der Waals surface area (Å²) >= 11 is 0. The third kappa shape index (κ3) is 7.12. The Balaban J connectivity index is 0.00000320. The van der Waals surface area contributed by atoms with E-state index in [4.69, 9.17) is 9.26 Å². The molecule has 0 aliphatic carbocycles. The summed E-state index contributed by atoms with van der Waals surface area (Å²) in [6.07, 6.45) is 1.95. The maximum Gasteiger partial charge on any atom is 0.248 e.